The number of nitrogens with one attached hydrogen (secondary N) is 2. The van der Waals surface area contributed by atoms with Gasteiger partial charge in [0.05, 0.1) is 37.4 Å². The van der Waals surface area contributed by atoms with E-state index in [1.807, 2.05) is 0 Å². The van der Waals surface area contributed by atoms with E-state index in [1.165, 1.54) is 30.9 Å². The van der Waals surface area contributed by atoms with E-state index in [4.69, 9.17) is 14.2 Å². The van der Waals surface area contributed by atoms with E-state index in [2.05, 4.69) is 76.7 Å². The summed E-state index contributed by atoms with van der Waals surface area (Å²) in [4.78, 5) is 33.4. The number of carbonyl (C=O) groups is 2. The first-order valence-corrected chi connectivity index (χ1v) is 19.7. The van der Waals surface area contributed by atoms with E-state index in [1.54, 1.807) is 0 Å². The Morgan fingerprint density at radius 3 is 2.65 bits per heavy atom. The number of esters is 2. The Kier molecular flexibility index (Phi) is 5.51. The molecule has 7 aliphatic heterocycles. The number of piperidine rings is 2. The fourth-order valence-corrected chi connectivity index (χ4v) is 15.8. The number of anilines is 2. The summed E-state index contributed by atoms with van der Waals surface area (Å²) in [5.74, 6) is -0.614. The van der Waals surface area contributed by atoms with Crippen LogP contribution in [0.4, 0.5) is 11.4 Å². The molecule has 10 nitrogen and oxygen atoms in total. The van der Waals surface area contributed by atoms with Crippen LogP contribution in [0.3, 0.4) is 0 Å². The molecule has 10 heteroatoms. The lowest BCUT2D eigenvalue weighted by atomic mass is 9.47. The number of hydrogen-bond donors (Lipinski definition) is 3. The molecule has 2 bridgehead atoms. The molecule has 3 N–H and O–H groups in total. The van der Waals surface area contributed by atoms with Gasteiger partial charge < -0.3 is 30.0 Å². The number of para-hydroxylation sites is 1. The van der Waals surface area contributed by atoms with Crippen molar-refractivity contribution in [2.75, 3.05) is 44.5 Å². The van der Waals surface area contributed by atoms with Gasteiger partial charge in [-0.3, -0.25) is 14.6 Å². The SMILES string of the molecule is CC[C@]12CC(C(=O)OC)=C3Nc4ccccc4[C@]34CCN([C@H](c3ccc5c(c3)[C@@]36CCN7CCC[C@@]8(C[C@]3(C(=O)OC)[C@@](O)(N5)[C@@H]8C)[C@H]76)[C@@H]3O[C@H]31)[C@@H]24. The van der Waals surface area contributed by atoms with E-state index < -0.39 is 16.6 Å². The average molecular weight is 705 g/mol. The van der Waals surface area contributed by atoms with Gasteiger partial charge in [-0.1, -0.05) is 44.2 Å². The van der Waals surface area contributed by atoms with E-state index in [9.17, 15) is 14.7 Å². The number of ether oxygens (including phenoxy) is 3. The Morgan fingerprint density at radius 1 is 1.00 bits per heavy atom. The average Bonchev–Trinajstić information content (AvgIpc) is 3.41. The molecule has 3 aliphatic carbocycles. The van der Waals surface area contributed by atoms with Gasteiger partial charge >= 0.3 is 11.9 Å². The van der Waals surface area contributed by atoms with Crippen LogP contribution in [0.15, 0.2) is 53.7 Å². The number of nitrogens with zero attached hydrogens (tertiary/aromatic N) is 2. The fraction of sp³-hybridized carbons (Fsp3) is 0.619. The molecule has 7 fully saturated rings. The lowest BCUT2D eigenvalue weighted by Crippen LogP contribution is -2.75. The molecule has 0 unspecified atom stereocenters. The number of epoxide rings is 1. The van der Waals surface area contributed by atoms with Crippen LogP contribution in [-0.4, -0.2) is 90.7 Å². The summed E-state index contributed by atoms with van der Waals surface area (Å²) >= 11 is 0. The lowest BCUT2D eigenvalue weighted by molar-refractivity contribution is -0.194. The molecule has 12 atom stereocenters. The predicted molar refractivity (Wildman–Crippen MR) is 191 cm³/mol. The number of hydrogen-bond acceptors (Lipinski definition) is 10. The zero-order valence-corrected chi connectivity index (χ0v) is 30.5. The van der Waals surface area contributed by atoms with Crippen LogP contribution in [0.1, 0.15) is 81.5 Å². The minimum atomic E-state index is -1.39. The molecule has 2 aromatic rings. The molecule has 12 rings (SSSR count). The molecule has 2 aromatic carbocycles. The molecular formula is C42H48N4O6. The van der Waals surface area contributed by atoms with Crippen LogP contribution in [0.5, 0.6) is 0 Å². The smallest absolute Gasteiger partial charge is 0.335 e. The van der Waals surface area contributed by atoms with Crippen molar-refractivity contribution in [3.63, 3.8) is 0 Å². The van der Waals surface area contributed by atoms with Crippen LogP contribution < -0.4 is 10.6 Å². The normalized spacial score (nSPS) is 47.7. The first kappa shape index (κ1) is 31.0. The predicted octanol–water partition coefficient (Wildman–Crippen LogP) is 4.59. The monoisotopic (exact) mass is 704 g/mol. The second-order valence-electron chi connectivity index (χ2n) is 18.1. The summed E-state index contributed by atoms with van der Waals surface area (Å²) < 4.78 is 18.1. The van der Waals surface area contributed by atoms with Crippen LogP contribution in [0.2, 0.25) is 0 Å². The molecule has 5 saturated heterocycles. The Labute approximate surface area is 304 Å². The summed E-state index contributed by atoms with van der Waals surface area (Å²) in [6.07, 6.45) is 6.02. The summed E-state index contributed by atoms with van der Waals surface area (Å²) in [5.41, 5.74) is 3.69. The second-order valence-corrected chi connectivity index (χ2v) is 18.1. The summed E-state index contributed by atoms with van der Waals surface area (Å²) in [6, 6.07) is 15.8. The highest BCUT2D eigenvalue weighted by Crippen LogP contribution is 2.83. The van der Waals surface area contributed by atoms with E-state index in [0.717, 1.165) is 74.4 Å². The van der Waals surface area contributed by atoms with Gasteiger partial charge in [0.1, 0.15) is 11.5 Å². The first-order chi connectivity index (χ1) is 25.1. The number of benzene rings is 2. The minimum Gasteiger partial charge on any atom is -0.468 e. The largest absolute Gasteiger partial charge is 0.468 e. The van der Waals surface area contributed by atoms with Crippen LogP contribution in [0.25, 0.3) is 0 Å². The Hall–Kier alpha value is -3.44. The van der Waals surface area contributed by atoms with Crippen molar-refractivity contribution in [3.05, 3.63) is 70.4 Å². The number of aliphatic hydroxyl groups is 1. The lowest BCUT2D eigenvalue weighted by Gasteiger charge is -2.63. The van der Waals surface area contributed by atoms with Crippen LogP contribution in [0, 0.1) is 22.2 Å². The third-order valence-corrected chi connectivity index (χ3v) is 17.4. The standard InChI is InChI=1S/C42H48N4O6/c1-5-37-20-24(33(47)50-3)31-39(25-9-6-7-10-27(25)43-31)14-18-46(34(37)39)29(30-32(37)52-30)23-11-12-28-26(19-23)40-15-17-45-16-8-13-38(35(40)45)21-41(40,36(48)51-4)42(49,44-28)22(38)2/h6-7,9-12,19,22,29-30,32,34-35,43-44,49H,5,8,13-18,20-21H2,1-4H3/t22-,29-,30+,32-,34+,35+,37+,38+,39-,40-,41-,42-/m1/s1. The molecule has 0 radical (unpaired) electrons. The van der Waals surface area contributed by atoms with Crippen molar-refractivity contribution >= 4 is 23.3 Å². The first-order valence-electron chi connectivity index (χ1n) is 19.7. The molecule has 272 valence electrons. The van der Waals surface area contributed by atoms with Crippen LogP contribution >= 0.6 is 0 Å². The maximum atomic E-state index is 14.5. The Balaban J connectivity index is 1.05. The molecular weight excluding hydrogens is 656 g/mol. The number of rotatable bonds is 4. The number of carbonyl (C=O) groups excluding carboxylic acids is 2. The highest BCUT2D eigenvalue weighted by Gasteiger charge is 2.91. The van der Waals surface area contributed by atoms with Crippen LogP contribution in [-0.2, 0) is 34.6 Å². The zero-order valence-electron chi connectivity index (χ0n) is 30.5. The minimum absolute atomic E-state index is 0.00356. The van der Waals surface area contributed by atoms with Gasteiger partial charge in [0.15, 0.2) is 5.72 Å². The van der Waals surface area contributed by atoms with Gasteiger partial charge in [-0.2, -0.15) is 0 Å². The summed E-state index contributed by atoms with van der Waals surface area (Å²) in [5, 5.41) is 20.3. The van der Waals surface area contributed by atoms with Crippen molar-refractivity contribution in [2.45, 2.75) is 106 Å². The van der Waals surface area contributed by atoms with Crippen molar-refractivity contribution < 1.29 is 28.9 Å². The molecule has 52 heavy (non-hydrogen) atoms. The molecule has 7 heterocycles. The molecule has 3 spiro atoms. The third kappa shape index (κ3) is 2.84. The maximum Gasteiger partial charge on any atom is 0.335 e. The summed E-state index contributed by atoms with van der Waals surface area (Å²) in [6.45, 7) is 7.29. The van der Waals surface area contributed by atoms with E-state index in [0.29, 0.717) is 12.8 Å². The Morgan fingerprint density at radius 2 is 1.85 bits per heavy atom. The molecule has 2 saturated carbocycles. The number of methoxy groups -OCH3 is 2. The highest BCUT2D eigenvalue weighted by molar-refractivity contribution is 5.93. The molecule has 0 aromatic heterocycles. The van der Waals surface area contributed by atoms with Gasteiger partial charge in [-0.15, -0.1) is 0 Å². The topological polar surface area (TPSA) is 116 Å². The quantitative estimate of drug-likeness (QED) is 0.309. The third-order valence-electron chi connectivity index (χ3n) is 17.4. The van der Waals surface area contributed by atoms with Crippen molar-refractivity contribution in [2.24, 2.45) is 22.2 Å². The second kappa shape index (κ2) is 9.25. The maximum absolute atomic E-state index is 14.5. The van der Waals surface area contributed by atoms with Gasteiger partial charge in [0.25, 0.3) is 0 Å². The Bertz CT molecular complexity index is 2070. The van der Waals surface area contributed by atoms with E-state index >= 15 is 0 Å². The zero-order chi connectivity index (χ0) is 35.4. The van der Waals surface area contributed by atoms with Crippen molar-refractivity contribution in [3.8, 4) is 0 Å². The van der Waals surface area contributed by atoms with E-state index in [-0.39, 0.29) is 64.4 Å². The van der Waals surface area contributed by atoms with Gasteiger partial charge in [-0.25, -0.2) is 4.79 Å². The molecule has 10 aliphatic rings. The van der Waals surface area contributed by atoms with Gasteiger partial charge in [0, 0.05) is 52.4 Å². The van der Waals surface area contributed by atoms with Crippen molar-refractivity contribution in [1.29, 1.82) is 0 Å². The molecule has 0 amide bonds. The number of fused-ring (bicyclic) bond motifs is 4. The van der Waals surface area contributed by atoms with Crippen molar-refractivity contribution in [1.82, 2.24) is 9.80 Å². The van der Waals surface area contributed by atoms with Gasteiger partial charge in [-0.05, 0) is 92.3 Å². The van der Waals surface area contributed by atoms with Gasteiger partial charge in [0.2, 0.25) is 0 Å². The fourth-order valence-electron chi connectivity index (χ4n) is 15.8. The summed E-state index contributed by atoms with van der Waals surface area (Å²) in [7, 11) is 2.99. The highest BCUT2D eigenvalue weighted by atomic mass is 16.6.